The van der Waals surface area contributed by atoms with Crippen LogP contribution < -0.4 is 5.73 Å². The molecule has 1 aliphatic rings. The van der Waals surface area contributed by atoms with Gasteiger partial charge in [-0.1, -0.05) is 5.16 Å². The number of nitrogens with zero attached hydrogens (tertiary/aromatic N) is 3. The molecule has 1 aromatic heterocycles. The molecule has 5 heteroatoms. The lowest BCUT2D eigenvalue weighted by atomic mass is 10.1. The minimum absolute atomic E-state index is 0.507. The standard InChI is InChI=1S/C9H16N4O/c1-9(2,10)8-11-7(12-14-8)6-13-4-3-5-13/h3-6,10H2,1-2H3. The fourth-order valence-corrected chi connectivity index (χ4v) is 1.32. The molecule has 0 unspecified atom stereocenters. The molecule has 2 heterocycles. The smallest absolute Gasteiger partial charge is 0.246 e. The number of rotatable bonds is 3. The molecule has 0 saturated carbocycles. The molecule has 0 bridgehead atoms. The Hall–Kier alpha value is -0.940. The van der Waals surface area contributed by atoms with Crippen LogP contribution in [-0.4, -0.2) is 28.1 Å². The number of aromatic nitrogens is 2. The second kappa shape index (κ2) is 3.33. The van der Waals surface area contributed by atoms with Crippen LogP contribution in [0.3, 0.4) is 0 Å². The molecule has 0 aromatic carbocycles. The average Bonchev–Trinajstić information content (AvgIpc) is 2.43. The first-order chi connectivity index (χ1) is 6.55. The Kier molecular flexibility index (Phi) is 2.28. The molecule has 1 aromatic rings. The summed E-state index contributed by atoms with van der Waals surface area (Å²) in [7, 11) is 0. The van der Waals surface area contributed by atoms with Gasteiger partial charge in [0, 0.05) is 0 Å². The molecule has 2 N–H and O–H groups in total. The van der Waals surface area contributed by atoms with Gasteiger partial charge in [0.25, 0.3) is 0 Å². The summed E-state index contributed by atoms with van der Waals surface area (Å²) in [5.41, 5.74) is 5.30. The van der Waals surface area contributed by atoms with Crippen molar-refractivity contribution in [3.63, 3.8) is 0 Å². The quantitative estimate of drug-likeness (QED) is 0.761. The van der Waals surface area contributed by atoms with E-state index < -0.39 is 5.54 Å². The second-order valence-electron chi connectivity index (χ2n) is 4.37. The van der Waals surface area contributed by atoms with Gasteiger partial charge in [-0.2, -0.15) is 4.98 Å². The molecule has 5 nitrogen and oxygen atoms in total. The van der Waals surface area contributed by atoms with Crippen LogP contribution in [0.25, 0.3) is 0 Å². The van der Waals surface area contributed by atoms with E-state index in [0.29, 0.717) is 5.89 Å². The molecular formula is C9H16N4O. The van der Waals surface area contributed by atoms with Crippen molar-refractivity contribution in [3.05, 3.63) is 11.7 Å². The Labute approximate surface area is 83.3 Å². The van der Waals surface area contributed by atoms with Crippen molar-refractivity contribution in [1.82, 2.24) is 15.0 Å². The molecule has 1 saturated heterocycles. The molecule has 0 aliphatic carbocycles. The summed E-state index contributed by atoms with van der Waals surface area (Å²) in [6, 6.07) is 0. The number of hydrogen-bond acceptors (Lipinski definition) is 5. The minimum atomic E-state index is -0.541. The van der Waals surface area contributed by atoms with E-state index in [4.69, 9.17) is 10.3 Å². The van der Waals surface area contributed by atoms with E-state index in [9.17, 15) is 0 Å². The topological polar surface area (TPSA) is 68.2 Å². The molecule has 1 aliphatic heterocycles. The van der Waals surface area contributed by atoms with Gasteiger partial charge in [-0.3, -0.25) is 4.90 Å². The van der Waals surface area contributed by atoms with Gasteiger partial charge in [0.2, 0.25) is 5.89 Å². The van der Waals surface area contributed by atoms with E-state index in [1.807, 2.05) is 13.8 Å². The van der Waals surface area contributed by atoms with Crippen molar-refractivity contribution < 1.29 is 4.52 Å². The van der Waals surface area contributed by atoms with Crippen molar-refractivity contribution in [1.29, 1.82) is 0 Å². The zero-order valence-corrected chi connectivity index (χ0v) is 8.66. The van der Waals surface area contributed by atoms with E-state index in [0.717, 1.165) is 25.5 Å². The van der Waals surface area contributed by atoms with E-state index in [-0.39, 0.29) is 0 Å². The monoisotopic (exact) mass is 196 g/mol. The fourth-order valence-electron chi connectivity index (χ4n) is 1.32. The maximum atomic E-state index is 5.84. The van der Waals surface area contributed by atoms with E-state index in [1.54, 1.807) is 0 Å². The Bertz CT molecular complexity index is 311. The highest BCUT2D eigenvalue weighted by Crippen LogP contribution is 2.15. The summed E-state index contributed by atoms with van der Waals surface area (Å²) in [5, 5.41) is 3.90. The minimum Gasteiger partial charge on any atom is -0.337 e. The summed E-state index contributed by atoms with van der Waals surface area (Å²) >= 11 is 0. The van der Waals surface area contributed by atoms with Crippen LogP contribution in [-0.2, 0) is 12.1 Å². The van der Waals surface area contributed by atoms with Gasteiger partial charge in [0.1, 0.15) is 0 Å². The Morgan fingerprint density at radius 1 is 1.50 bits per heavy atom. The largest absolute Gasteiger partial charge is 0.337 e. The lowest BCUT2D eigenvalue weighted by Gasteiger charge is -2.28. The van der Waals surface area contributed by atoms with E-state index in [1.165, 1.54) is 6.42 Å². The van der Waals surface area contributed by atoms with Gasteiger partial charge in [-0.05, 0) is 33.4 Å². The fraction of sp³-hybridized carbons (Fsp3) is 0.778. The summed E-state index contributed by atoms with van der Waals surface area (Å²) in [5.74, 6) is 1.24. The van der Waals surface area contributed by atoms with Crippen LogP contribution in [0.2, 0.25) is 0 Å². The molecular weight excluding hydrogens is 180 g/mol. The summed E-state index contributed by atoms with van der Waals surface area (Å²) in [4.78, 5) is 6.53. The Morgan fingerprint density at radius 3 is 2.64 bits per heavy atom. The highest BCUT2D eigenvalue weighted by Gasteiger charge is 2.23. The van der Waals surface area contributed by atoms with Gasteiger partial charge < -0.3 is 10.3 Å². The molecule has 14 heavy (non-hydrogen) atoms. The van der Waals surface area contributed by atoms with Crippen LogP contribution in [0.1, 0.15) is 32.0 Å². The van der Waals surface area contributed by atoms with E-state index >= 15 is 0 Å². The van der Waals surface area contributed by atoms with Crippen LogP contribution in [0.15, 0.2) is 4.52 Å². The number of hydrogen-bond donors (Lipinski definition) is 1. The van der Waals surface area contributed by atoms with Gasteiger partial charge in [-0.15, -0.1) is 0 Å². The van der Waals surface area contributed by atoms with Crippen LogP contribution in [0.4, 0.5) is 0 Å². The van der Waals surface area contributed by atoms with Crippen molar-refractivity contribution in [2.45, 2.75) is 32.4 Å². The zero-order valence-electron chi connectivity index (χ0n) is 8.66. The predicted octanol–water partition coefficient (Wildman–Crippen LogP) is 0.469. The summed E-state index contributed by atoms with van der Waals surface area (Å²) < 4.78 is 5.09. The highest BCUT2D eigenvalue weighted by atomic mass is 16.5. The van der Waals surface area contributed by atoms with Gasteiger partial charge >= 0.3 is 0 Å². The molecule has 78 valence electrons. The zero-order chi connectivity index (χ0) is 10.2. The molecule has 0 radical (unpaired) electrons. The third-order valence-electron chi connectivity index (χ3n) is 2.33. The Morgan fingerprint density at radius 2 is 2.21 bits per heavy atom. The lowest BCUT2D eigenvalue weighted by Crippen LogP contribution is -2.36. The number of likely N-dealkylation sites (tertiary alicyclic amines) is 1. The van der Waals surface area contributed by atoms with Gasteiger partial charge in [0.05, 0.1) is 12.1 Å². The van der Waals surface area contributed by atoms with Crippen molar-refractivity contribution in [2.75, 3.05) is 13.1 Å². The predicted molar refractivity (Wildman–Crippen MR) is 51.4 cm³/mol. The second-order valence-corrected chi connectivity index (χ2v) is 4.37. The normalized spacial score (nSPS) is 18.2. The summed E-state index contributed by atoms with van der Waals surface area (Å²) in [6.45, 7) is 6.76. The van der Waals surface area contributed by atoms with Crippen LogP contribution in [0, 0.1) is 0 Å². The first-order valence-electron chi connectivity index (χ1n) is 4.90. The van der Waals surface area contributed by atoms with Crippen LogP contribution in [0.5, 0.6) is 0 Å². The highest BCUT2D eigenvalue weighted by molar-refractivity contribution is 4.97. The average molecular weight is 196 g/mol. The molecule has 0 amide bonds. The molecule has 2 rings (SSSR count). The SMILES string of the molecule is CC(C)(N)c1nc(CN2CCC2)no1. The van der Waals surface area contributed by atoms with Crippen LogP contribution >= 0.6 is 0 Å². The van der Waals surface area contributed by atoms with Gasteiger partial charge in [-0.25, -0.2) is 0 Å². The van der Waals surface area contributed by atoms with Crippen molar-refractivity contribution >= 4 is 0 Å². The maximum absolute atomic E-state index is 5.84. The molecule has 1 fully saturated rings. The van der Waals surface area contributed by atoms with Crippen molar-refractivity contribution in [2.24, 2.45) is 5.73 Å². The lowest BCUT2D eigenvalue weighted by molar-refractivity contribution is 0.166. The first kappa shape index (κ1) is 9.61. The Balaban J connectivity index is 2.02. The molecule has 0 atom stereocenters. The van der Waals surface area contributed by atoms with Gasteiger partial charge in [0.15, 0.2) is 5.82 Å². The first-order valence-corrected chi connectivity index (χ1v) is 4.90. The molecule has 0 spiro atoms. The third kappa shape index (κ3) is 1.93. The number of nitrogens with two attached hydrogens (primary N) is 1. The van der Waals surface area contributed by atoms with Crippen molar-refractivity contribution in [3.8, 4) is 0 Å². The maximum Gasteiger partial charge on any atom is 0.246 e. The van der Waals surface area contributed by atoms with E-state index in [2.05, 4.69) is 15.0 Å². The third-order valence-corrected chi connectivity index (χ3v) is 2.33. The summed E-state index contributed by atoms with van der Waals surface area (Å²) in [6.07, 6.45) is 1.27.